The van der Waals surface area contributed by atoms with E-state index in [9.17, 15) is 18.4 Å². The maximum absolute atomic E-state index is 14.0. The van der Waals surface area contributed by atoms with Crippen LogP contribution in [0.25, 0.3) is 11.3 Å². The summed E-state index contributed by atoms with van der Waals surface area (Å²) in [5.74, 6) is -1.57. The molecule has 3 aromatic rings. The van der Waals surface area contributed by atoms with Crippen molar-refractivity contribution < 1.29 is 27.8 Å². The Hall–Kier alpha value is -3.53. The van der Waals surface area contributed by atoms with E-state index in [1.165, 1.54) is 31.7 Å². The van der Waals surface area contributed by atoms with Gasteiger partial charge >= 0.3 is 0 Å². The van der Waals surface area contributed by atoms with Gasteiger partial charge in [-0.1, -0.05) is 13.8 Å². The fourth-order valence-electron chi connectivity index (χ4n) is 3.03. The van der Waals surface area contributed by atoms with Crippen LogP contribution in [0.3, 0.4) is 0 Å². The number of methoxy groups -OCH3 is 2. The predicted octanol–water partition coefficient (Wildman–Crippen LogP) is 4.50. The van der Waals surface area contributed by atoms with E-state index in [0.29, 0.717) is 11.5 Å². The summed E-state index contributed by atoms with van der Waals surface area (Å²) in [5.41, 5.74) is 0.455. The molecule has 3 rings (SSSR count). The Kier molecular flexibility index (Phi) is 7.59. The van der Waals surface area contributed by atoms with Crippen molar-refractivity contribution in [2.24, 2.45) is 5.92 Å². The van der Waals surface area contributed by atoms with Crippen LogP contribution in [-0.2, 0) is 4.79 Å². The van der Waals surface area contributed by atoms with Crippen LogP contribution in [0.4, 0.5) is 13.9 Å². The second kappa shape index (κ2) is 10.4. The minimum Gasteiger partial charge on any atom is -0.497 e. The highest BCUT2D eigenvalue weighted by Crippen LogP contribution is 2.28. The third kappa shape index (κ3) is 5.83. The second-order valence-electron chi connectivity index (χ2n) is 7.45. The van der Waals surface area contributed by atoms with Crippen molar-refractivity contribution in [3.05, 3.63) is 59.0 Å². The van der Waals surface area contributed by atoms with E-state index in [4.69, 9.17) is 9.47 Å². The Morgan fingerprint density at radius 2 is 1.70 bits per heavy atom. The third-order valence-electron chi connectivity index (χ3n) is 4.79. The van der Waals surface area contributed by atoms with Crippen molar-refractivity contribution in [1.82, 2.24) is 10.3 Å². The fourth-order valence-corrected chi connectivity index (χ4v) is 3.74. The molecule has 0 aliphatic heterocycles. The minimum absolute atomic E-state index is 0.00701. The number of benzene rings is 2. The molecule has 1 atom stereocenters. The number of nitrogens with zero attached hydrogens (tertiary/aromatic N) is 1. The quantitative estimate of drug-likeness (QED) is 0.501. The number of carbonyl (C=O) groups excluding carboxylic acids is 2. The number of nitrogens with one attached hydrogen (secondary N) is 2. The normalized spacial score (nSPS) is 11.7. The van der Waals surface area contributed by atoms with Crippen molar-refractivity contribution in [1.29, 1.82) is 0 Å². The highest BCUT2D eigenvalue weighted by Gasteiger charge is 2.26. The molecule has 33 heavy (non-hydrogen) atoms. The van der Waals surface area contributed by atoms with Gasteiger partial charge in [0.25, 0.3) is 5.91 Å². The molecule has 0 spiro atoms. The second-order valence-corrected chi connectivity index (χ2v) is 8.31. The average Bonchev–Trinajstić information content (AvgIpc) is 3.26. The van der Waals surface area contributed by atoms with Crippen molar-refractivity contribution >= 4 is 28.3 Å². The maximum atomic E-state index is 14.0. The summed E-state index contributed by atoms with van der Waals surface area (Å²) >= 11 is 1.06. The van der Waals surface area contributed by atoms with Gasteiger partial charge in [-0.2, -0.15) is 0 Å². The van der Waals surface area contributed by atoms with Crippen LogP contribution in [0.1, 0.15) is 24.2 Å². The number of aromatic nitrogens is 1. The lowest BCUT2D eigenvalue weighted by Gasteiger charge is -2.21. The molecule has 10 heteroatoms. The number of hydrogen-bond acceptors (Lipinski definition) is 6. The standard InChI is InChI=1S/C23H23F2N3O4S/c1-12(2)20(27-21(29)13-7-15(31-3)10-16(8-13)32-4)22(30)28-23-26-19(11-33-23)17-9-14(24)5-6-18(17)25/h5-12,20H,1-4H3,(H,27,29)(H,26,28,30)/t20-/m1/s1. The predicted molar refractivity (Wildman–Crippen MR) is 122 cm³/mol. The molecule has 2 N–H and O–H groups in total. The maximum Gasteiger partial charge on any atom is 0.252 e. The summed E-state index contributed by atoms with van der Waals surface area (Å²) in [7, 11) is 2.94. The molecule has 0 saturated heterocycles. The number of rotatable bonds is 8. The first kappa shape index (κ1) is 24.1. The van der Waals surface area contributed by atoms with E-state index in [2.05, 4.69) is 15.6 Å². The molecule has 0 radical (unpaired) electrons. The zero-order valence-electron chi connectivity index (χ0n) is 18.4. The minimum atomic E-state index is -0.882. The van der Waals surface area contributed by atoms with E-state index >= 15 is 0 Å². The molecule has 0 bridgehead atoms. The van der Waals surface area contributed by atoms with Gasteiger partial charge in [0.05, 0.1) is 19.9 Å². The van der Waals surface area contributed by atoms with Crippen LogP contribution in [0.2, 0.25) is 0 Å². The molecule has 0 saturated carbocycles. The van der Waals surface area contributed by atoms with Gasteiger partial charge in [-0.05, 0) is 36.2 Å². The lowest BCUT2D eigenvalue weighted by Crippen LogP contribution is -2.47. The number of carbonyl (C=O) groups is 2. The van der Waals surface area contributed by atoms with Gasteiger partial charge in [-0.25, -0.2) is 13.8 Å². The number of anilines is 1. The first-order valence-electron chi connectivity index (χ1n) is 9.97. The average molecular weight is 476 g/mol. The fraction of sp³-hybridized carbons (Fsp3) is 0.261. The van der Waals surface area contributed by atoms with Crippen molar-refractivity contribution in [2.75, 3.05) is 19.5 Å². The van der Waals surface area contributed by atoms with E-state index < -0.39 is 29.5 Å². The van der Waals surface area contributed by atoms with Crippen molar-refractivity contribution in [3.8, 4) is 22.8 Å². The zero-order valence-corrected chi connectivity index (χ0v) is 19.3. The van der Waals surface area contributed by atoms with Crippen LogP contribution in [0.15, 0.2) is 41.8 Å². The Morgan fingerprint density at radius 3 is 2.30 bits per heavy atom. The molecule has 7 nitrogen and oxygen atoms in total. The summed E-state index contributed by atoms with van der Waals surface area (Å²) in [6.07, 6.45) is 0. The van der Waals surface area contributed by atoms with E-state index in [1.807, 2.05) is 0 Å². The van der Waals surface area contributed by atoms with Crippen LogP contribution in [-0.4, -0.2) is 37.1 Å². The molecule has 1 heterocycles. The molecule has 2 aromatic carbocycles. The molecule has 1 aromatic heterocycles. The molecular formula is C23H23F2N3O4S. The summed E-state index contributed by atoms with van der Waals surface area (Å²) < 4.78 is 37.9. The van der Waals surface area contributed by atoms with Gasteiger partial charge in [0.1, 0.15) is 29.2 Å². The largest absolute Gasteiger partial charge is 0.497 e. The number of hydrogen-bond donors (Lipinski definition) is 2. The lowest BCUT2D eigenvalue weighted by atomic mass is 10.0. The molecule has 174 valence electrons. The highest BCUT2D eigenvalue weighted by molar-refractivity contribution is 7.14. The van der Waals surface area contributed by atoms with E-state index in [1.54, 1.807) is 19.9 Å². The smallest absolute Gasteiger partial charge is 0.252 e. The van der Waals surface area contributed by atoms with Crippen LogP contribution < -0.4 is 20.1 Å². The van der Waals surface area contributed by atoms with Crippen LogP contribution >= 0.6 is 11.3 Å². The Balaban J connectivity index is 1.76. The van der Waals surface area contributed by atoms with Crippen LogP contribution in [0, 0.1) is 17.6 Å². The summed E-state index contributed by atoms with van der Waals surface area (Å²) in [5, 5.41) is 7.06. The highest BCUT2D eigenvalue weighted by atomic mass is 32.1. The van der Waals surface area contributed by atoms with Gasteiger partial charge in [0.15, 0.2) is 5.13 Å². The Bertz CT molecular complexity index is 1140. The van der Waals surface area contributed by atoms with Gasteiger partial charge in [0, 0.05) is 22.6 Å². The van der Waals surface area contributed by atoms with Crippen molar-refractivity contribution in [2.45, 2.75) is 19.9 Å². The van der Waals surface area contributed by atoms with Gasteiger partial charge < -0.3 is 20.1 Å². The number of ether oxygens (including phenoxy) is 2. The summed E-state index contributed by atoms with van der Waals surface area (Å²) in [6.45, 7) is 3.57. The summed E-state index contributed by atoms with van der Waals surface area (Å²) in [4.78, 5) is 29.9. The first-order valence-corrected chi connectivity index (χ1v) is 10.9. The molecule has 0 aliphatic rings. The van der Waals surface area contributed by atoms with Crippen molar-refractivity contribution in [3.63, 3.8) is 0 Å². The van der Waals surface area contributed by atoms with Gasteiger partial charge in [0.2, 0.25) is 5.91 Å². The van der Waals surface area contributed by atoms with Gasteiger partial charge in [-0.15, -0.1) is 11.3 Å². The summed E-state index contributed by atoms with van der Waals surface area (Å²) in [6, 6.07) is 6.89. The Labute approximate surface area is 193 Å². The van der Waals surface area contributed by atoms with E-state index in [-0.39, 0.29) is 27.9 Å². The number of thiazole rings is 1. The van der Waals surface area contributed by atoms with Gasteiger partial charge in [-0.3, -0.25) is 9.59 Å². The van der Waals surface area contributed by atoms with Crippen LogP contribution in [0.5, 0.6) is 11.5 Å². The number of amides is 2. The molecule has 0 fully saturated rings. The zero-order chi connectivity index (χ0) is 24.1. The molecule has 2 amide bonds. The Morgan fingerprint density at radius 1 is 1.03 bits per heavy atom. The topological polar surface area (TPSA) is 89.5 Å². The molecular weight excluding hydrogens is 452 g/mol. The molecule has 0 unspecified atom stereocenters. The monoisotopic (exact) mass is 475 g/mol. The third-order valence-corrected chi connectivity index (χ3v) is 5.55. The van der Waals surface area contributed by atoms with E-state index in [0.717, 1.165) is 29.5 Å². The lowest BCUT2D eigenvalue weighted by molar-refractivity contribution is -0.118. The molecule has 0 aliphatic carbocycles. The number of halogens is 2. The SMILES string of the molecule is COc1cc(OC)cc(C(=O)N[C@@H](C(=O)Nc2nc(-c3cc(F)ccc3F)cs2)C(C)C)c1. The first-order chi connectivity index (χ1) is 15.7.